The number of carboxylic acid groups (broad SMARTS) is 1. The molecule has 0 aliphatic rings. The average Bonchev–Trinajstić information content (AvgIpc) is 2.06. The second-order valence-corrected chi connectivity index (χ2v) is 8.22. The van der Waals surface area contributed by atoms with Crippen LogP contribution in [0.2, 0.25) is 0 Å². The van der Waals surface area contributed by atoms with Gasteiger partial charge in [-0.2, -0.15) is 4.31 Å². The normalized spacial score (nSPS) is 18.5. The lowest BCUT2D eigenvalue weighted by atomic mass is 9.99. The van der Waals surface area contributed by atoms with Crippen LogP contribution >= 0.6 is 23.5 Å². The Hall–Kier alpha value is -0.160. The zero-order valence-electron chi connectivity index (χ0n) is 11.0. The number of phosphoric ester groups is 2. The Balaban J connectivity index is 4.78. The maximum Gasteiger partial charge on any atom is 0.481 e. The highest BCUT2D eigenvalue weighted by Crippen LogP contribution is 2.57. The summed E-state index contributed by atoms with van der Waals surface area (Å²) in [5, 5.41) is 8.65. The van der Waals surface area contributed by atoms with Crippen molar-refractivity contribution in [3.05, 3.63) is 0 Å². The monoisotopic (exact) mass is 388 g/mol. The van der Waals surface area contributed by atoms with E-state index < -0.39 is 54.5 Å². The van der Waals surface area contributed by atoms with Crippen molar-refractivity contribution >= 4 is 29.4 Å². The Labute approximate surface area is 123 Å². The number of aliphatic carboxylic acids is 1. The van der Waals surface area contributed by atoms with Gasteiger partial charge in [0.15, 0.2) is 0 Å². The maximum atomic E-state index is 11.1. The lowest BCUT2D eigenvalue weighted by Crippen LogP contribution is -2.32. The van der Waals surface area contributed by atoms with Crippen LogP contribution in [-0.2, 0) is 31.8 Å². The highest BCUT2D eigenvalue weighted by Gasteiger charge is 2.38. The molecule has 0 aromatic carbocycles. The first kappa shape index (κ1) is 21.8. The molecule has 0 fully saturated rings. The molecule has 132 valence electrons. The first-order valence-electron chi connectivity index (χ1n) is 5.26. The van der Waals surface area contributed by atoms with Crippen molar-refractivity contribution in [2.75, 3.05) is 6.61 Å². The van der Waals surface area contributed by atoms with Crippen molar-refractivity contribution in [3.8, 4) is 0 Å². The molecule has 0 saturated carbocycles. The van der Waals surface area contributed by atoms with Gasteiger partial charge in [0, 0.05) is 6.42 Å². The summed E-state index contributed by atoms with van der Waals surface area (Å²) in [6, 6.07) is 0. The molecule has 13 nitrogen and oxygen atoms in total. The number of phosphoric acid groups is 3. The molecule has 0 aliphatic carbocycles. The van der Waals surface area contributed by atoms with E-state index in [1.54, 1.807) is 0 Å². The predicted molar refractivity (Wildman–Crippen MR) is 67.3 cm³/mol. The standard InChI is InChI=1S/C6H15O13P3/c1-6(4-5(7)8,18-20(9,10)11)2-3-17-22(15,16)19-21(12,13)14/h2-4H2,1H3,(H,7,8)(H,15,16)(H2,9,10,11)(H2,12,13,14). The summed E-state index contributed by atoms with van der Waals surface area (Å²) in [6.45, 7) is 0.160. The van der Waals surface area contributed by atoms with Crippen LogP contribution in [0.1, 0.15) is 19.8 Å². The molecule has 0 heterocycles. The second kappa shape index (κ2) is 7.61. The first-order chi connectivity index (χ1) is 9.54. The quantitative estimate of drug-likeness (QED) is 0.271. The molecule has 2 atom stereocenters. The molecular formula is C6H15O13P3. The van der Waals surface area contributed by atoms with Gasteiger partial charge >= 0.3 is 29.4 Å². The zero-order chi connectivity index (χ0) is 17.8. The summed E-state index contributed by atoms with van der Waals surface area (Å²) >= 11 is 0. The van der Waals surface area contributed by atoms with E-state index >= 15 is 0 Å². The van der Waals surface area contributed by atoms with Gasteiger partial charge in [0.2, 0.25) is 0 Å². The fourth-order valence-corrected chi connectivity index (χ4v) is 3.62. The molecule has 2 unspecified atom stereocenters. The smallest absolute Gasteiger partial charge is 0.481 e. The minimum absolute atomic E-state index is 0.598. The summed E-state index contributed by atoms with van der Waals surface area (Å²) in [5.41, 5.74) is -1.97. The molecular weight excluding hydrogens is 373 g/mol. The fraction of sp³-hybridized carbons (Fsp3) is 0.833. The molecule has 0 bridgehead atoms. The summed E-state index contributed by atoms with van der Waals surface area (Å²) < 4.78 is 44.2. The minimum atomic E-state index is -5.31. The van der Waals surface area contributed by atoms with Gasteiger partial charge in [-0.25, -0.2) is 13.7 Å². The molecule has 0 aromatic heterocycles. The molecule has 0 aliphatic heterocycles. The van der Waals surface area contributed by atoms with Crippen LogP contribution < -0.4 is 0 Å². The van der Waals surface area contributed by atoms with Gasteiger partial charge in [-0.3, -0.25) is 13.8 Å². The van der Waals surface area contributed by atoms with E-state index in [1.807, 2.05) is 0 Å². The van der Waals surface area contributed by atoms with Crippen molar-refractivity contribution < 1.29 is 61.4 Å². The van der Waals surface area contributed by atoms with E-state index in [4.69, 9.17) is 29.6 Å². The van der Waals surface area contributed by atoms with Gasteiger partial charge in [0.25, 0.3) is 0 Å². The van der Waals surface area contributed by atoms with Gasteiger partial charge in [0.1, 0.15) is 0 Å². The third-order valence-corrected chi connectivity index (χ3v) is 4.82. The predicted octanol–water partition coefficient (Wildman–Crippen LogP) is -0.0545. The van der Waals surface area contributed by atoms with Crippen LogP contribution in [0, 0.1) is 0 Å². The van der Waals surface area contributed by atoms with Crippen molar-refractivity contribution in [2.45, 2.75) is 25.4 Å². The van der Waals surface area contributed by atoms with Crippen LogP contribution in [-0.4, -0.2) is 47.8 Å². The third kappa shape index (κ3) is 11.4. The van der Waals surface area contributed by atoms with Crippen molar-refractivity contribution in [3.63, 3.8) is 0 Å². The SMILES string of the molecule is CC(CCOP(=O)(O)OP(=O)(O)O)(CC(=O)O)OP(=O)(O)O. The van der Waals surface area contributed by atoms with Gasteiger partial charge in [0.05, 0.1) is 18.6 Å². The molecule has 0 spiro atoms. The molecule has 22 heavy (non-hydrogen) atoms. The minimum Gasteiger partial charge on any atom is -0.481 e. The topological polar surface area (TPSA) is 217 Å². The van der Waals surface area contributed by atoms with E-state index in [2.05, 4.69) is 13.4 Å². The molecule has 0 saturated heterocycles. The van der Waals surface area contributed by atoms with E-state index in [0.717, 1.165) is 6.92 Å². The lowest BCUT2D eigenvalue weighted by molar-refractivity contribution is -0.141. The van der Waals surface area contributed by atoms with E-state index in [0.29, 0.717) is 0 Å². The lowest BCUT2D eigenvalue weighted by Gasteiger charge is -2.28. The van der Waals surface area contributed by atoms with Crippen LogP contribution in [0.25, 0.3) is 0 Å². The number of carbonyl (C=O) groups is 1. The Bertz CT molecular complexity index is 532. The number of rotatable bonds is 10. The first-order valence-corrected chi connectivity index (χ1v) is 9.82. The Morgan fingerprint density at radius 1 is 1.05 bits per heavy atom. The second-order valence-electron chi connectivity index (χ2n) is 4.23. The third-order valence-electron chi connectivity index (χ3n) is 1.96. The van der Waals surface area contributed by atoms with Gasteiger partial charge in [-0.05, 0) is 6.92 Å². The largest absolute Gasteiger partial charge is 0.481 e. The molecule has 0 amide bonds. The number of hydrogen-bond acceptors (Lipinski definition) is 7. The van der Waals surface area contributed by atoms with Crippen molar-refractivity contribution in [1.82, 2.24) is 0 Å². The molecule has 0 aromatic rings. The molecule has 6 N–H and O–H groups in total. The Morgan fingerprint density at radius 2 is 1.55 bits per heavy atom. The van der Waals surface area contributed by atoms with E-state index in [9.17, 15) is 18.5 Å². The highest BCUT2D eigenvalue weighted by atomic mass is 31.3. The van der Waals surface area contributed by atoms with Crippen LogP contribution in [0.3, 0.4) is 0 Å². The van der Waals surface area contributed by atoms with Gasteiger partial charge < -0.3 is 29.6 Å². The number of carboxylic acids is 1. The molecule has 0 radical (unpaired) electrons. The Morgan fingerprint density at radius 3 is 1.91 bits per heavy atom. The highest BCUT2D eigenvalue weighted by molar-refractivity contribution is 7.60. The van der Waals surface area contributed by atoms with E-state index in [1.165, 1.54) is 0 Å². The van der Waals surface area contributed by atoms with Gasteiger partial charge in [-0.15, -0.1) is 0 Å². The summed E-state index contributed by atoms with van der Waals surface area (Å²) in [7, 11) is -15.5. The van der Waals surface area contributed by atoms with Crippen molar-refractivity contribution in [2.24, 2.45) is 0 Å². The molecule has 16 heteroatoms. The average molecular weight is 388 g/mol. The molecule has 0 rings (SSSR count). The van der Waals surface area contributed by atoms with E-state index in [-0.39, 0.29) is 0 Å². The van der Waals surface area contributed by atoms with Crippen molar-refractivity contribution in [1.29, 1.82) is 0 Å². The van der Waals surface area contributed by atoms with Gasteiger partial charge in [-0.1, -0.05) is 0 Å². The zero-order valence-corrected chi connectivity index (χ0v) is 13.7. The summed E-state index contributed by atoms with van der Waals surface area (Å²) in [5.74, 6) is -1.48. The number of hydrogen-bond donors (Lipinski definition) is 6. The van der Waals surface area contributed by atoms with Crippen LogP contribution in [0.15, 0.2) is 0 Å². The Kier molecular flexibility index (Phi) is 7.55. The van der Waals surface area contributed by atoms with Crippen LogP contribution in [0.5, 0.6) is 0 Å². The van der Waals surface area contributed by atoms with Crippen LogP contribution in [0.4, 0.5) is 0 Å². The summed E-state index contributed by atoms with van der Waals surface area (Å²) in [6.07, 6.45) is -1.48. The maximum absolute atomic E-state index is 11.1. The fourth-order valence-electron chi connectivity index (χ4n) is 1.31. The summed E-state index contributed by atoms with van der Waals surface area (Å²) in [4.78, 5) is 53.7.